The van der Waals surface area contributed by atoms with Crippen LogP contribution in [0.4, 0.5) is 10.5 Å². The number of methoxy groups -OCH3 is 1. The van der Waals surface area contributed by atoms with E-state index in [1.165, 1.54) is 0 Å². The highest BCUT2D eigenvalue weighted by Crippen LogP contribution is 2.39. The Bertz CT molecular complexity index is 1590. The normalized spacial score (nSPS) is 14.4. The number of carbonyl (C=O) groups excluding carboxylic acids is 1. The maximum atomic E-state index is 14.0. The molecule has 1 aliphatic heterocycles. The van der Waals surface area contributed by atoms with Crippen LogP contribution in [0.3, 0.4) is 0 Å². The number of anilines is 1. The van der Waals surface area contributed by atoms with Gasteiger partial charge in [-0.2, -0.15) is 5.10 Å². The van der Waals surface area contributed by atoms with Gasteiger partial charge >= 0.3 is 6.03 Å². The van der Waals surface area contributed by atoms with Gasteiger partial charge in [-0.05, 0) is 73.2 Å². The van der Waals surface area contributed by atoms with Gasteiger partial charge in [-0.3, -0.25) is 0 Å². The molecule has 0 fully saturated rings. The van der Waals surface area contributed by atoms with E-state index in [1.807, 2.05) is 83.4 Å². The molecule has 0 saturated heterocycles. The van der Waals surface area contributed by atoms with Gasteiger partial charge in [0.1, 0.15) is 11.6 Å². The summed E-state index contributed by atoms with van der Waals surface area (Å²) in [6.07, 6.45) is 2.03. The molecule has 7 nitrogen and oxygen atoms in total. The number of aromatic nitrogens is 3. The lowest BCUT2D eigenvalue weighted by molar-refractivity contribution is 0.194. The molecule has 0 spiro atoms. The van der Waals surface area contributed by atoms with Crippen LogP contribution >= 0.6 is 11.6 Å². The van der Waals surface area contributed by atoms with Crippen molar-refractivity contribution in [1.82, 2.24) is 19.2 Å². The average Bonchev–Trinajstić information content (AvgIpc) is 3.51. The SMILES string of the molecule is COc1ccc(C2c3cccn3-c3c(c(C)nn3-c3ccccc3)CN2C(=O)Nc2ccc(Cl)cc2)cc1. The van der Waals surface area contributed by atoms with Crippen LogP contribution in [-0.4, -0.2) is 32.4 Å². The van der Waals surface area contributed by atoms with Gasteiger partial charge in [0.05, 0.1) is 36.8 Å². The highest BCUT2D eigenvalue weighted by atomic mass is 35.5. The van der Waals surface area contributed by atoms with Crippen molar-refractivity contribution in [1.29, 1.82) is 0 Å². The van der Waals surface area contributed by atoms with Gasteiger partial charge in [-0.15, -0.1) is 0 Å². The van der Waals surface area contributed by atoms with Gasteiger partial charge in [0.25, 0.3) is 0 Å². The van der Waals surface area contributed by atoms with E-state index in [9.17, 15) is 4.79 Å². The van der Waals surface area contributed by atoms with Crippen molar-refractivity contribution in [2.75, 3.05) is 12.4 Å². The molecule has 8 heteroatoms. The van der Waals surface area contributed by atoms with Crippen LogP contribution in [-0.2, 0) is 6.54 Å². The lowest BCUT2D eigenvalue weighted by Crippen LogP contribution is -2.38. The molecule has 3 heterocycles. The quantitative estimate of drug-likeness (QED) is 0.283. The molecule has 1 unspecified atom stereocenters. The number of aryl methyl sites for hydroxylation is 1. The molecule has 6 rings (SSSR count). The van der Waals surface area contributed by atoms with E-state index < -0.39 is 0 Å². The Morgan fingerprint density at radius 1 is 0.974 bits per heavy atom. The van der Waals surface area contributed by atoms with Crippen molar-refractivity contribution in [2.24, 2.45) is 0 Å². The first kappa shape index (κ1) is 23.9. The number of nitrogens with zero attached hydrogens (tertiary/aromatic N) is 4. The van der Waals surface area contributed by atoms with Crippen molar-refractivity contribution >= 4 is 23.3 Å². The van der Waals surface area contributed by atoms with E-state index in [-0.39, 0.29) is 12.1 Å². The van der Waals surface area contributed by atoms with Gasteiger partial charge in [0.2, 0.25) is 0 Å². The number of ether oxygens (including phenoxy) is 1. The number of amides is 2. The number of fused-ring (bicyclic) bond motifs is 3. The van der Waals surface area contributed by atoms with E-state index in [2.05, 4.69) is 16.0 Å². The molecule has 2 amide bonds. The van der Waals surface area contributed by atoms with Crippen LogP contribution in [0.5, 0.6) is 5.75 Å². The molecule has 3 aromatic carbocycles. The highest BCUT2D eigenvalue weighted by Gasteiger charge is 2.36. The second-order valence-corrected chi connectivity index (χ2v) is 9.62. The highest BCUT2D eigenvalue weighted by molar-refractivity contribution is 6.30. The van der Waals surface area contributed by atoms with E-state index >= 15 is 0 Å². The third-order valence-corrected chi connectivity index (χ3v) is 7.13. The van der Waals surface area contributed by atoms with E-state index in [4.69, 9.17) is 21.4 Å². The summed E-state index contributed by atoms with van der Waals surface area (Å²) in [6, 6.07) is 28.5. The Morgan fingerprint density at radius 3 is 2.42 bits per heavy atom. The Morgan fingerprint density at radius 2 is 1.71 bits per heavy atom. The Balaban J connectivity index is 1.52. The first-order valence-corrected chi connectivity index (χ1v) is 12.7. The lowest BCUT2D eigenvalue weighted by Gasteiger charge is -2.31. The summed E-state index contributed by atoms with van der Waals surface area (Å²) in [5.41, 5.74) is 5.40. The number of halogens is 1. The van der Waals surface area contributed by atoms with Crippen molar-refractivity contribution in [2.45, 2.75) is 19.5 Å². The van der Waals surface area contributed by atoms with E-state index in [0.717, 1.165) is 39.8 Å². The first-order chi connectivity index (χ1) is 18.5. The third-order valence-electron chi connectivity index (χ3n) is 6.87. The summed E-state index contributed by atoms with van der Waals surface area (Å²) in [7, 11) is 1.65. The maximum absolute atomic E-state index is 14.0. The number of urea groups is 1. The number of benzene rings is 3. The topological polar surface area (TPSA) is 64.3 Å². The van der Waals surface area contributed by atoms with Crippen LogP contribution in [0.2, 0.25) is 5.02 Å². The van der Waals surface area contributed by atoms with Gasteiger partial charge < -0.3 is 19.5 Å². The molecular formula is C30H26ClN5O2. The van der Waals surface area contributed by atoms with Crippen LogP contribution in [0.15, 0.2) is 97.2 Å². The first-order valence-electron chi connectivity index (χ1n) is 12.3. The predicted molar refractivity (Wildman–Crippen MR) is 148 cm³/mol. The largest absolute Gasteiger partial charge is 0.497 e. The fraction of sp³-hybridized carbons (Fsp3) is 0.133. The molecule has 5 aromatic rings. The number of rotatable bonds is 4. The number of carbonyl (C=O) groups is 1. The summed E-state index contributed by atoms with van der Waals surface area (Å²) < 4.78 is 9.50. The fourth-order valence-electron chi connectivity index (χ4n) is 5.01. The van der Waals surface area contributed by atoms with Crippen LogP contribution in [0, 0.1) is 6.92 Å². The number of hydrogen-bond donors (Lipinski definition) is 1. The van der Waals surface area contributed by atoms with Crippen LogP contribution in [0.25, 0.3) is 11.5 Å². The molecule has 2 aromatic heterocycles. The minimum atomic E-state index is -0.362. The molecule has 1 atom stereocenters. The second-order valence-electron chi connectivity index (χ2n) is 9.18. The zero-order chi connectivity index (χ0) is 26.2. The van der Waals surface area contributed by atoms with Crippen LogP contribution < -0.4 is 10.1 Å². The zero-order valence-electron chi connectivity index (χ0n) is 21.0. The summed E-state index contributed by atoms with van der Waals surface area (Å²) in [5.74, 6) is 1.68. The van der Waals surface area contributed by atoms with Gasteiger partial charge in [-0.1, -0.05) is 41.9 Å². The Labute approximate surface area is 225 Å². The molecular weight excluding hydrogens is 498 g/mol. The minimum absolute atomic E-state index is 0.222. The smallest absolute Gasteiger partial charge is 0.322 e. The number of nitrogens with one attached hydrogen (secondary N) is 1. The summed E-state index contributed by atoms with van der Waals surface area (Å²) in [5, 5.41) is 8.58. The number of hydrogen-bond acceptors (Lipinski definition) is 3. The number of para-hydroxylation sites is 1. The van der Waals surface area contributed by atoms with Crippen molar-refractivity contribution in [3.8, 4) is 17.3 Å². The predicted octanol–water partition coefficient (Wildman–Crippen LogP) is 6.77. The van der Waals surface area contributed by atoms with Gasteiger partial charge in [0.15, 0.2) is 0 Å². The molecule has 1 N–H and O–H groups in total. The van der Waals surface area contributed by atoms with Crippen molar-refractivity contribution in [3.63, 3.8) is 0 Å². The van der Waals surface area contributed by atoms with E-state index in [0.29, 0.717) is 17.3 Å². The zero-order valence-corrected chi connectivity index (χ0v) is 21.8. The lowest BCUT2D eigenvalue weighted by atomic mass is 10.0. The van der Waals surface area contributed by atoms with Gasteiger partial charge in [-0.25, -0.2) is 9.48 Å². The molecule has 0 aliphatic carbocycles. The summed E-state index contributed by atoms with van der Waals surface area (Å²) in [4.78, 5) is 15.8. The van der Waals surface area contributed by atoms with Gasteiger partial charge in [0, 0.05) is 22.5 Å². The second kappa shape index (κ2) is 9.76. The minimum Gasteiger partial charge on any atom is -0.497 e. The molecule has 1 aliphatic rings. The third kappa shape index (κ3) is 4.21. The molecule has 0 bridgehead atoms. The van der Waals surface area contributed by atoms with E-state index in [1.54, 1.807) is 31.4 Å². The summed E-state index contributed by atoms with van der Waals surface area (Å²) >= 11 is 6.07. The Kier molecular flexibility index (Phi) is 6.13. The van der Waals surface area contributed by atoms with Crippen LogP contribution in [0.1, 0.15) is 28.6 Å². The molecule has 38 heavy (non-hydrogen) atoms. The molecule has 190 valence electrons. The standard InChI is InChI=1S/C30H26ClN5O2/c1-20-26-19-35(30(37)32-23-14-12-22(31)13-15-23)28(21-10-16-25(38-2)17-11-21)27-9-6-18-34(27)29(26)36(33-20)24-7-4-3-5-8-24/h3-18,28H,19H2,1-2H3,(H,32,37). The molecule has 0 saturated carbocycles. The summed E-state index contributed by atoms with van der Waals surface area (Å²) in [6.45, 7) is 2.36. The van der Waals surface area contributed by atoms with Crippen molar-refractivity contribution in [3.05, 3.63) is 125 Å². The monoisotopic (exact) mass is 523 g/mol. The Hall–Kier alpha value is -4.49. The maximum Gasteiger partial charge on any atom is 0.322 e. The van der Waals surface area contributed by atoms with Crippen molar-refractivity contribution < 1.29 is 9.53 Å². The molecule has 0 radical (unpaired) electrons. The fourth-order valence-corrected chi connectivity index (χ4v) is 5.14. The average molecular weight is 524 g/mol.